The molecule has 1 saturated carbocycles. The second-order valence-electron chi connectivity index (χ2n) is 16.4. The summed E-state index contributed by atoms with van der Waals surface area (Å²) in [6, 6.07) is -1.23. The van der Waals surface area contributed by atoms with Crippen molar-refractivity contribution in [2.24, 2.45) is 0 Å². The van der Waals surface area contributed by atoms with E-state index in [1.54, 1.807) is 6.08 Å². The van der Waals surface area contributed by atoms with Crippen LogP contribution in [0.4, 0.5) is 0 Å². The van der Waals surface area contributed by atoms with E-state index in [-0.39, 0.29) is 6.42 Å². The van der Waals surface area contributed by atoms with Gasteiger partial charge in [-0.15, -0.1) is 0 Å². The average Bonchev–Trinajstić information content (AvgIpc) is 3.18. The number of carbonyl (C=O) groups excluding carboxylic acids is 1. The minimum Gasteiger partial charge on any atom is -0.393 e. The van der Waals surface area contributed by atoms with Crippen molar-refractivity contribution in [2.45, 2.75) is 249 Å². The predicted molar refractivity (Wildman–Crippen MR) is 224 cm³/mol. The Labute approximate surface area is 344 Å². The molecule has 0 radical (unpaired) electrons. The summed E-state index contributed by atoms with van der Waals surface area (Å²) in [4.78, 5) is 23.4. The van der Waals surface area contributed by atoms with Gasteiger partial charge in [-0.1, -0.05) is 180 Å². The van der Waals surface area contributed by atoms with E-state index in [1.165, 1.54) is 122 Å². The summed E-state index contributed by atoms with van der Waals surface area (Å²) in [6.07, 6.45) is 20.3. The number of amides is 1. The lowest BCUT2D eigenvalue weighted by Gasteiger charge is -2.41. The van der Waals surface area contributed by atoms with E-state index in [0.29, 0.717) is 12.8 Å². The minimum atomic E-state index is -5.13. The van der Waals surface area contributed by atoms with Crippen LogP contribution in [0.25, 0.3) is 0 Å². The molecule has 0 aromatic heterocycles. The summed E-state index contributed by atoms with van der Waals surface area (Å²) in [5.41, 5.74) is 0. The predicted octanol–water partition coefficient (Wildman–Crippen LogP) is 7.03. The summed E-state index contributed by atoms with van der Waals surface area (Å²) in [5, 5.41) is 74.3. The van der Waals surface area contributed by atoms with Gasteiger partial charge in [0.15, 0.2) is 0 Å². The van der Waals surface area contributed by atoms with Gasteiger partial charge >= 0.3 is 7.82 Å². The number of phosphoric ester groups is 1. The highest BCUT2D eigenvalue weighted by Crippen LogP contribution is 2.47. The molecule has 0 aromatic rings. The van der Waals surface area contributed by atoms with Gasteiger partial charge in [-0.25, -0.2) is 4.57 Å². The number of carbonyl (C=O) groups is 1. The van der Waals surface area contributed by atoms with Crippen LogP contribution in [0.15, 0.2) is 12.2 Å². The highest BCUT2D eigenvalue weighted by molar-refractivity contribution is 7.47. The van der Waals surface area contributed by atoms with Crippen molar-refractivity contribution in [3.05, 3.63) is 12.2 Å². The van der Waals surface area contributed by atoms with Gasteiger partial charge in [-0.05, 0) is 19.3 Å². The number of nitrogens with one attached hydrogen (secondary N) is 1. The molecular weight excluding hydrogens is 753 g/mol. The van der Waals surface area contributed by atoms with Gasteiger partial charge in [-0.2, -0.15) is 0 Å². The van der Waals surface area contributed by atoms with E-state index in [9.17, 15) is 50.0 Å². The average molecular weight is 838 g/mol. The largest absolute Gasteiger partial charge is 0.472 e. The van der Waals surface area contributed by atoms with E-state index in [1.807, 2.05) is 0 Å². The molecule has 8 unspecified atom stereocenters. The van der Waals surface area contributed by atoms with E-state index >= 15 is 0 Å². The van der Waals surface area contributed by atoms with E-state index in [0.717, 1.165) is 44.9 Å². The van der Waals surface area contributed by atoms with Crippen molar-refractivity contribution >= 4 is 13.7 Å². The SMILES string of the molecule is CCCCCCCCCCC/C=C/C(O)C(COP(=O)(O)OC1C(O)C(O)C(O)C(O)C1O)NC(=O)CC(O)CCCCCCCCCCCCCCCCCC. The Morgan fingerprint density at radius 1 is 0.614 bits per heavy atom. The van der Waals surface area contributed by atoms with Crippen LogP contribution in [0.5, 0.6) is 0 Å². The topological polar surface area (TPSA) is 226 Å². The Balaban J connectivity index is 2.53. The van der Waals surface area contributed by atoms with E-state index < -0.39 is 75.2 Å². The van der Waals surface area contributed by atoms with Crippen LogP contribution in [-0.2, 0) is 18.4 Å². The fourth-order valence-electron chi connectivity index (χ4n) is 7.36. The van der Waals surface area contributed by atoms with Crippen molar-refractivity contribution in [1.29, 1.82) is 0 Å². The van der Waals surface area contributed by atoms with Crippen molar-refractivity contribution in [3.8, 4) is 0 Å². The van der Waals surface area contributed by atoms with E-state index in [2.05, 4.69) is 19.2 Å². The molecule has 0 spiro atoms. The Morgan fingerprint density at radius 2 is 1.00 bits per heavy atom. The molecule has 1 fully saturated rings. The first kappa shape index (κ1) is 54.1. The zero-order valence-corrected chi connectivity index (χ0v) is 36.4. The number of phosphoric acid groups is 1. The summed E-state index contributed by atoms with van der Waals surface area (Å²) in [6.45, 7) is 3.72. The zero-order valence-electron chi connectivity index (χ0n) is 35.5. The van der Waals surface area contributed by atoms with Gasteiger partial charge in [0.1, 0.15) is 36.6 Å². The van der Waals surface area contributed by atoms with Crippen LogP contribution >= 0.6 is 7.82 Å². The summed E-state index contributed by atoms with van der Waals surface area (Å²) in [7, 11) is -5.13. The molecule has 1 rings (SSSR count). The standard InChI is InChI=1S/C43H84NO12P/c1-3-5-7-9-11-13-15-16-17-18-19-21-22-24-26-28-30-34(45)32-37(47)44-35(36(46)31-29-27-25-23-20-14-12-10-8-6-4-2)33-55-57(53,54)56-43-41(51)39(49)38(48)40(50)42(43)52/h29,31,34-36,38-43,45-46,48-52H,3-28,30,32-33H2,1-2H3,(H,44,47)(H,53,54)/b31-29+. The number of allylic oxidation sites excluding steroid dienone is 1. The second-order valence-corrected chi connectivity index (χ2v) is 17.9. The first-order valence-corrected chi connectivity index (χ1v) is 24.2. The van der Waals surface area contributed by atoms with Crippen LogP contribution in [-0.4, -0.2) is 108 Å². The smallest absolute Gasteiger partial charge is 0.393 e. The Bertz CT molecular complexity index is 1040. The maximum atomic E-state index is 13.0. The number of hydrogen-bond acceptors (Lipinski definition) is 11. The molecule has 8 atom stereocenters. The summed E-state index contributed by atoms with van der Waals surface area (Å²) < 4.78 is 22.8. The van der Waals surface area contributed by atoms with Crippen molar-refractivity contribution < 1.29 is 59.0 Å². The molecule has 1 aliphatic carbocycles. The van der Waals surface area contributed by atoms with Crippen LogP contribution in [0.2, 0.25) is 0 Å². The molecule has 338 valence electrons. The highest BCUT2D eigenvalue weighted by atomic mass is 31.2. The molecule has 0 aliphatic heterocycles. The summed E-state index contributed by atoms with van der Waals surface area (Å²) >= 11 is 0. The first-order valence-electron chi connectivity index (χ1n) is 22.7. The maximum absolute atomic E-state index is 13.0. The lowest BCUT2D eigenvalue weighted by atomic mass is 9.85. The molecule has 14 heteroatoms. The number of aliphatic hydroxyl groups is 7. The fourth-order valence-corrected chi connectivity index (χ4v) is 8.33. The quantitative estimate of drug-likeness (QED) is 0.0175. The Hall–Kier alpha value is -0.960. The molecule has 57 heavy (non-hydrogen) atoms. The van der Waals surface area contributed by atoms with Gasteiger partial charge in [0.25, 0.3) is 0 Å². The third-order valence-electron chi connectivity index (χ3n) is 11.1. The van der Waals surface area contributed by atoms with Gasteiger partial charge in [-0.3, -0.25) is 13.8 Å². The molecule has 0 heterocycles. The molecule has 1 aliphatic rings. The molecule has 9 N–H and O–H groups in total. The Morgan fingerprint density at radius 3 is 1.44 bits per heavy atom. The normalized spacial score (nSPS) is 24.0. The lowest BCUT2D eigenvalue weighted by Crippen LogP contribution is -2.64. The van der Waals surface area contributed by atoms with Crippen LogP contribution in [0.1, 0.15) is 194 Å². The Kier molecular flexibility index (Phi) is 32.0. The number of unbranched alkanes of at least 4 members (excludes halogenated alkanes) is 24. The monoisotopic (exact) mass is 838 g/mol. The van der Waals surface area contributed by atoms with Crippen molar-refractivity contribution in [3.63, 3.8) is 0 Å². The van der Waals surface area contributed by atoms with Gasteiger partial charge in [0.05, 0.1) is 31.3 Å². The second kappa shape index (κ2) is 33.7. The fraction of sp³-hybridized carbons (Fsp3) is 0.930. The minimum absolute atomic E-state index is 0.240. The third-order valence-corrected chi connectivity index (χ3v) is 12.1. The highest BCUT2D eigenvalue weighted by Gasteiger charge is 2.51. The van der Waals surface area contributed by atoms with Crippen LogP contribution in [0, 0.1) is 0 Å². The summed E-state index contributed by atoms with van der Waals surface area (Å²) in [5.74, 6) is -0.592. The number of rotatable bonds is 37. The molecular formula is C43H84NO12P. The molecule has 0 saturated heterocycles. The molecule has 0 aromatic carbocycles. The molecule has 0 bridgehead atoms. The van der Waals surface area contributed by atoms with Gasteiger partial charge in [0.2, 0.25) is 5.91 Å². The lowest BCUT2D eigenvalue weighted by molar-refractivity contribution is -0.220. The van der Waals surface area contributed by atoms with E-state index in [4.69, 9.17) is 9.05 Å². The maximum Gasteiger partial charge on any atom is 0.472 e. The van der Waals surface area contributed by atoms with Crippen LogP contribution < -0.4 is 5.32 Å². The number of aliphatic hydroxyl groups excluding tert-OH is 7. The zero-order chi connectivity index (χ0) is 42.3. The van der Waals surface area contributed by atoms with Gasteiger partial charge in [0, 0.05) is 0 Å². The number of hydrogen-bond donors (Lipinski definition) is 9. The van der Waals surface area contributed by atoms with Crippen molar-refractivity contribution in [1.82, 2.24) is 5.32 Å². The third kappa shape index (κ3) is 26.1. The van der Waals surface area contributed by atoms with Gasteiger partial charge < -0.3 is 46.0 Å². The first-order chi connectivity index (χ1) is 27.3. The molecule has 13 nitrogen and oxygen atoms in total. The van der Waals surface area contributed by atoms with Crippen molar-refractivity contribution in [2.75, 3.05) is 6.61 Å². The van der Waals surface area contributed by atoms with Crippen LogP contribution in [0.3, 0.4) is 0 Å². The molecule has 1 amide bonds.